The summed E-state index contributed by atoms with van der Waals surface area (Å²) in [6.07, 6.45) is 2.95. The maximum absolute atomic E-state index is 12.1. The van der Waals surface area contributed by atoms with Gasteiger partial charge in [-0.2, -0.15) is 0 Å². The number of carbonyl (C=O) groups is 3. The summed E-state index contributed by atoms with van der Waals surface area (Å²) in [5, 5.41) is 14.7. The molecule has 2 rings (SSSR count). The number of piperazine rings is 1. The van der Waals surface area contributed by atoms with E-state index in [1.807, 2.05) is 0 Å². The largest absolute Gasteiger partial charge is 0.481 e. The first-order valence-corrected chi connectivity index (χ1v) is 7.02. The van der Waals surface area contributed by atoms with E-state index in [0.29, 0.717) is 25.9 Å². The SMILES string of the molecule is CC1C(=O)NCCN1C(=O)NCC1(C(=O)O)CCCC1. The van der Waals surface area contributed by atoms with E-state index in [0.717, 1.165) is 12.8 Å². The molecule has 0 aromatic heterocycles. The standard InChI is InChI=1S/C13H21N3O4/c1-9-10(17)14-6-7-16(9)12(20)15-8-13(11(18)19)4-2-3-5-13/h9H,2-8H2,1H3,(H,14,17)(H,15,20)(H,18,19). The van der Waals surface area contributed by atoms with Crippen molar-refractivity contribution < 1.29 is 19.5 Å². The van der Waals surface area contributed by atoms with E-state index < -0.39 is 17.4 Å². The van der Waals surface area contributed by atoms with Gasteiger partial charge in [-0.05, 0) is 19.8 Å². The second kappa shape index (κ2) is 5.68. The number of carbonyl (C=O) groups excluding carboxylic acids is 2. The molecular weight excluding hydrogens is 262 g/mol. The fraction of sp³-hybridized carbons (Fsp3) is 0.769. The number of rotatable bonds is 3. The quantitative estimate of drug-likeness (QED) is 0.687. The third kappa shape index (κ3) is 2.71. The number of amides is 3. The lowest BCUT2D eigenvalue weighted by Crippen LogP contribution is -2.59. The minimum Gasteiger partial charge on any atom is -0.481 e. The number of hydrogen-bond donors (Lipinski definition) is 3. The maximum Gasteiger partial charge on any atom is 0.318 e. The predicted octanol–water partition coefficient (Wildman–Crippen LogP) is 0.161. The molecule has 112 valence electrons. The number of nitrogens with zero attached hydrogens (tertiary/aromatic N) is 1. The normalized spacial score (nSPS) is 25.1. The lowest BCUT2D eigenvalue weighted by atomic mass is 9.86. The smallest absolute Gasteiger partial charge is 0.318 e. The zero-order chi connectivity index (χ0) is 14.8. The van der Waals surface area contributed by atoms with Crippen LogP contribution in [0.1, 0.15) is 32.6 Å². The van der Waals surface area contributed by atoms with Gasteiger partial charge in [0.2, 0.25) is 5.91 Å². The first kappa shape index (κ1) is 14.6. The molecule has 1 saturated heterocycles. The first-order chi connectivity index (χ1) is 9.46. The Morgan fingerprint density at radius 2 is 2.10 bits per heavy atom. The third-order valence-electron chi connectivity index (χ3n) is 4.35. The minimum atomic E-state index is -0.847. The highest BCUT2D eigenvalue weighted by Gasteiger charge is 2.42. The van der Waals surface area contributed by atoms with Crippen LogP contribution in [0.25, 0.3) is 0 Å². The van der Waals surface area contributed by atoms with Crippen molar-refractivity contribution in [3.05, 3.63) is 0 Å². The molecule has 2 fully saturated rings. The number of carboxylic acid groups (broad SMARTS) is 1. The van der Waals surface area contributed by atoms with Crippen molar-refractivity contribution in [1.82, 2.24) is 15.5 Å². The molecule has 0 spiro atoms. The van der Waals surface area contributed by atoms with E-state index >= 15 is 0 Å². The van der Waals surface area contributed by atoms with Gasteiger partial charge in [0.25, 0.3) is 0 Å². The molecule has 2 aliphatic rings. The molecule has 0 aromatic rings. The summed E-state index contributed by atoms with van der Waals surface area (Å²) in [6.45, 7) is 2.67. The fourth-order valence-electron chi connectivity index (χ4n) is 2.92. The molecule has 3 N–H and O–H groups in total. The second-order valence-corrected chi connectivity index (χ2v) is 5.61. The molecule has 1 aliphatic heterocycles. The Morgan fingerprint density at radius 3 is 2.70 bits per heavy atom. The number of hydrogen-bond acceptors (Lipinski definition) is 3. The molecule has 3 amide bonds. The third-order valence-corrected chi connectivity index (χ3v) is 4.35. The molecular formula is C13H21N3O4. The molecule has 1 saturated carbocycles. The summed E-state index contributed by atoms with van der Waals surface area (Å²) in [7, 11) is 0. The Kier molecular flexibility index (Phi) is 4.15. The Bertz CT molecular complexity index is 418. The van der Waals surface area contributed by atoms with Gasteiger partial charge in [0, 0.05) is 19.6 Å². The van der Waals surface area contributed by atoms with Crippen LogP contribution in [0.2, 0.25) is 0 Å². The lowest BCUT2D eigenvalue weighted by Gasteiger charge is -2.34. The van der Waals surface area contributed by atoms with E-state index in [1.54, 1.807) is 6.92 Å². The van der Waals surface area contributed by atoms with Gasteiger partial charge in [0.05, 0.1) is 5.41 Å². The topological polar surface area (TPSA) is 98.7 Å². The zero-order valence-corrected chi connectivity index (χ0v) is 11.6. The Hall–Kier alpha value is -1.79. The van der Waals surface area contributed by atoms with Gasteiger partial charge in [0.15, 0.2) is 0 Å². The maximum atomic E-state index is 12.1. The highest BCUT2D eigenvalue weighted by molar-refractivity contribution is 5.88. The predicted molar refractivity (Wildman–Crippen MR) is 71.1 cm³/mol. The zero-order valence-electron chi connectivity index (χ0n) is 11.6. The van der Waals surface area contributed by atoms with Gasteiger partial charge in [-0.1, -0.05) is 12.8 Å². The highest BCUT2D eigenvalue weighted by atomic mass is 16.4. The summed E-state index contributed by atoms with van der Waals surface area (Å²) in [5.74, 6) is -1.03. The van der Waals surface area contributed by atoms with Crippen molar-refractivity contribution >= 4 is 17.9 Å². The lowest BCUT2D eigenvalue weighted by molar-refractivity contribution is -0.148. The Balaban J connectivity index is 1.94. The van der Waals surface area contributed by atoms with Crippen molar-refractivity contribution in [2.24, 2.45) is 5.41 Å². The molecule has 20 heavy (non-hydrogen) atoms. The molecule has 7 heteroatoms. The van der Waals surface area contributed by atoms with Crippen molar-refractivity contribution in [2.75, 3.05) is 19.6 Å². The van der Waals surface area contributed by atoms with Crippen molar-refractivity contribution in [2.45, 2.75) is 38.6 Å². The van der Waals surface area contributed by atoms with Crippen LogP contribution < -0.4 is 10.6 Å². The van der Waals surface area contributed by atoms with Gasteiger partial charge in [-0.3, -0.25) is 9.59 Å². The molecule has 0 bridgehead atoms. The number of aliphatic carboxylic acids is 1. The van der Waals surface area contributed by atoms with Gasteiger partial charge >= 0.3 is 12.0 Å². The number of carboxylic acids is 1. The van der Waals surface area contributed by atoms with Crippen molar-refractivity contribution in [3.8, 4) is 0 Å². The average Bonchev–Trinajstić information content (AvgIpc) is 2.89. The van der Waals surface area contributed by atoms with Crippen LogP contribution in [0.5, 0.6) is 0 Å². The summed E-state index contributed by atoms with van der Waals surface area (Å²) >= 11 is 0. The first-order valence-electron chi connectivity index (χ1n) is 7.02. The molecule has 1 aliphatic carbocycles. The fourth-order valence-corrected chi connectivity index (χ4v) is 2.92. The van der Waals surface area contributed by atoms with Gasteiger partial charge in [0.1, 0.15) is 6.04 Å². The van der Waals surface area contributed by atoms with Gasteiger partial charge in [-0.15, -0.1) is 0 Å². The monoisotopic (exact) mass is 283 g/mol. The van der Waals surface area contributed by atoms with E-state index in [4.69, 9.17) is 0 Å². The van der Waals surface area contributed by atoms with Crippen LogP contribution in [-0.4, -0.2) is 53.6 Å². The molecule has 1 atom stereocenters. The Morgan fingerprint density at radius 1 is 1.45 bits per heavy atom. The second-order valence-electron chi connectivity index (χ2n) is 5.61. The Labute approximate surface area is 117 Å². The van der Waals surface area contributed by atoms with Crippen LogP contribution in [0.4, 0.5) is 4.79 Å². The van der Waals surface area contributed by atoms with E-state index in [-0.39, 0.29) is 18.5 Å². The number of urea groups is 1. The van der Waals surface area contributed by atoms with Crippen LogP contribution in [0, 0.1) is 5.41 Å². The van der Waals surface area contributed by atoms with Crippen LogP contribution in [0.3, 0.4) is 0 Å². The summed E-state index contributed by atoms with van der Waals surface area (Å²) < 4.78 is 0. The molecule has 0 radical (unpaired) electrons. The van der Waals surface area contributed by atoms with Crippen LogP contribution in [0.15, 0.2) is 0 Å². The van der Waals surface area contributed by atoms with Gasteiger partial charge < -0.3 is 20.6 Å². The van der Waals surface area contributed by atoms with E-state index in [9.17, 15) is 19.5 Å². The van der Waals surface area contributed by atoms with E-state index in [1.165, 1.54) is 4.90 Å². The summed E-state index contributed by atoms with van der Waals surface area (Å²) in [5.41, 5.74) is -0.836. The number of nitrogens with one attached hydrogen (secondary N) is 2. The van der Waals surface area contributed by atoms with Crippen molar-refractivity contribution in [1.29, 1.82) is 0 Å². The van der Waals surface area contributed by atoms with Crippen molar-refractivity contribution in [3.63, 3.8) is 0 Å². The minimum absolute atomic E-state index is 0.131. The van der Waals surface area contributed by atoms with Crippen LogP contribution in [-0.2, 0) is 9.59 Å². The molecule has 7 nitrogen and oxygen atoms in total. The molecule has 1 unspecified atom stereocenters. The summed E-state index contributed by atoms with van der Waals surface area (Å²) in [6, 6.07) is -0.881. The molecule has 1 heterocycles. The summed E-state index contributed by atoms with van der Waals surface area (Å²) in [4.78, 5) is 36.5. The van der Waals surface area contributed by atoms with Crippen LogP contribution >= 0.6 is 0 Å². The van der Waals surface area contributed by atoms with Gasteiger partial charge in [-0.25, -0.2) is 4.79 Å². The average molecular weight is 283 g/mol. The van der Waals surface area contributed by atoms with E-state index in [2.05, 4.69) is 10.6 Å². The molecule has 0 aromatic carbocycles. The highest BCUT2D eigenvalue weighted by Crippen LogP contribution is 2.37.